The lowest BCUT2D eigenvalue weighted by molar-refractivity contribution is 0.768. The van der Waals surface area contributed by atoms with Crippen molar-refractivity contribution in [1.82, 2.24) is 15.0 Å². The zero-order valence-corrected chi connectivity index (χ0v) is 36.2. The van der Waals surface area contributed by atoms with Crippen molar-refractivity contribution >= 4 is 0 Å². The quantitative estimate of drug-likeness (QED) is 0.145. The molecule has 9 aromatic carbocycles. The molecule has 1 aromatic heterocycles. The van der Waals surface area contributed by atoms with E-state index in [1.165, 1.54) is 72.3 Å². The highest BCUT2D eigenvalue weighted by Crippen LogP contribution is 2.58. The molecule has 0 saturated carbocycles. The van der Waals surface area contributed by atoms with Gasteiger partial charge in [-0.2, -0.15) is 0 Å². The Morgan fingerprint density at radius 2 is 0.631 bits per heavy atom. The highest BCUT2D eigenvalue weighted by atomic mass is 15.0. The van der Waals surface area contributed by atoms with Crippen molar-refractivity contribution in [2.45, 2.75) is 30.6 Å². The molecule has 0 atom stereocenters. The number of hydrogen-bond donors (Lipinski definition) is 0. The van der Waals surface area contributed by atoms with Crippen LogP contribution in [0, 0.1) is 0 Å². The van der Waals surface area contributed by atoms with E-state index in [1.807, 2.05) is 0 Å². The Balaban J connectivity index is 1.09. The van der Waals surface area contributed by atoms with E-state index in [-0.39, 0.29) is 0 Å². The fraction of sp³-hybridized carbons (Fsp3) is 0.0806. The summed E-state index contributed by atoms with van der Waals surface area (Å²) in [5, 5.41) is 0. The molecule has 0 saturated heterocycles. The summed E-state index contributed by atoms with van der Waals surface area (Å²) in [7, 11) is 0. The average Bonchev–Trinajstić information content (AvgIpc) is 3.85. The van der Waals surface area contributed by atoms with Gasteiger partial charge in [-0.3, -0.25) is 0 Å². The van der Waals surface area contributed by atoms with Gasteiger partial charge in [0.2, 0.25) is 0 Å². The fourth-order valence-corrected chi connectivity index (χ4v) is 11.0. The standard InChI is InChI=1S/C62H45N3/c1-2-19-42-32-34-43(35-33-42)58-63-59(44-36-38-52-50-28-15-17-30-54(50)61(56(52)40-44,46-20-7-3-8-21-46)47-22-9-4-10-23-47)65-60(64-58)45-37-39-53-51-29-16-18-31-55(51)62(57(53)41-45,48-24-11-5-12-25-48)49-26-13-6-14-27-49/h3-18,20-41H,2,19H2,1H3. The van der Waals surface area contributed by atoms with E-state index in [1.54, 1.807) is 0 Å². The van der Waals surface area contributed by atoms with Crippen LogP contribution in [0.1, 0.15) is 63.4 Å². The molecule has 2 aliphatic carbocycles. The van der Waals surface area contributed by atoms with Crippen molar-refractivity contribution in [3.8, 4) is 56.4 Å². The van der Waals surface area contributed by atoms with Crippen LogP contribution >= 0.6 is 0 Å². The zero-order chi connectivity index (χ0) is 43.4. The molecule has 3 nitrogen and oxygen atoms in total. The lowest BCUT2D eigenvalue weighted by atomic mass is 9.67. The molecule has 0 radical (unpaired) electrons. The van der Waals surface area contributed by atoms with E-state index in [2.05, 4.69) is 237 Å². The number of fused-ring (bicyclic) bond motifs is 6. The van der Waals surface area contributed by atoms with Crippen molar-refractivity contribution in [3.05, 3.63) is 281 Å². The average molecular weight is 832 g/mol. The van der Waals surface area contributed by atoms with Gasteiger partial charge in [0, 0.05) is 16.7 Å². The summed E-state index contributed by atoms with van der Waals surface area (Å²) in [6, 6.07) is 83.9. The normalized spacial score (nSPS) is 13.7. The topological polar surface area (TPSA) is 38.7 Å². The molecule has 308 valence electrons. The van der Waals surface area contributed by atoms with Crippen LogP contribution in [-0.4, -0.2) is 15.0 Å². The van der Waals surface area contributed by atoms with Gasteiger partial charge in [0.15, 0.2) is 17.5 Å². The first kappa shape index (κ1) is 38.6. The maximum atomic E-state index is 5.46. The second-order valence-electron chi connectivity index (χ2n) is 17.3. The van der Waals surface area contributed by atoms with Gasteiger partial charge < -0.3 is 0 Å². The van der Waals surface area contributed by atoms with Crippen molar-refractivity contribution < 1.29 is 0 Å². The lowest BCUT2D eigenvalue weighted by Crippen LogP contribution is -2.28. The van der Waals surface area contributed by atoms with Crippen molar-refractivity contribution in [1.29, 1.82) is 0 Å². The van der Waals surface area contributed by atoms with Crippen molar-refractivity contribution in [2.75, 3.05) is 0 Å². The minimum Gasteiger partial charge on any atom is -0.208 e. The molecule has 12 rings (SSSR count). The summed E-state index contributed by atoms with van der Waals surface area (Å²) in [4.78, 5) is 16.2. The number of hydrogen-bond acceptors (Lipinski definition) is 3. The summed E-state index contributed by atoms with van der Waals surface area (Å²) in [6.45, 7) is 2.22. The monoisotopic (exact) mass is 831 g/mol. The Kier molecular flexibility index (Phi) is 9.31. The summed E-state index contributed by atoms with van der Waals surface area (Å²) in [6.07, 6.45) is 2.11. The highest BCUT2D eigenvalue weighted by molar-refractivity contribution is 5.90. The third-order valence-electron chi connectivity index (χ3n) is 13.8. The minimum absolute atomic E-state index is 0.550. The van der Waals surface area contributed by atoms with E-state index in [9.17, 15) is 0 Å². The Morgan fingerprint density at radius 1 is 0.308 bits per heavy atom. The van der Waals surface area contributed by atoms with Crippen LogP contribution in [0.15, 0.2) is 231 Å². The first-order chi connectivity index (χ1) is 32.2. The maximum Gasteiger partial charge on any atom is 0.164 e. The second kappa shape index (κ2) is 15.7. The number of aryl methyl sites for hydroxylation is 1. The van der Waals surface area contributed by atoms with Crippen LogP contribution in [-0.2, 0) is 17.3 Å². The molecular formula is C62H45N3. The van der Waals surface area contributed by atoms with Gasteiger partial charge in [-0.15, -0.1) is 0 Å². The molecule has 1 heterocycles. The maximum absolute atomic E-state index is 5.46. The van der Waals surface area contributed by atoms with Gasteiger partial charge in [-0.05, 0) is 90.9 Å². The van der Waals surface area contributed by atoms with Gasteiger partial charge in [-0.25, -0.2) is 15.0 Å². The zero-order valence-electron chi connectivity index (χ0n) is 36.2. The number of nitrogens with zero attached hydrogens (tertiary/aromatic N) is 3. The number of rotatable bonds is 9. The van der Waals surface area contributed by atoms with E-state index >= 15 is 0 Å². The summed E-state index contributed by atoms with van der Waals surface area (Å²) in [5.74, 6) is 1.92. The Labute approximate surface area is 380 Å². The van der Waals surface area contributed by atoms with Crippen molar-refractivity contribution in [2.24, 2.45) is 0 Å². The first-order valence-electron chi connectivity index (χ1n) is 22.7. The third-order valence-corrected chi connectivity index (χ3v) is 13.8. The van der Waals surface area contributed by atoms with Crippen LogP contribution in [0.4, 0.5) is 0 Å². The van der Waals surface area contributed by atoms with Gasteiger partial charge in [0.25, 0.3) is 0 Å². The summed E-state index contributed by atoms with van der Waals surface area (Å²) < 4.78 is 0. The van der Waals surface area contributed by atoms with Crippen LogP contribution in [0.5, 0.6) is 0 Å². The summed E-state index contributed by atoms with van der Waals surface area (Å²) >= 11 is 0. The fourth-order valence-electron chi connectivity index (χ4n) is 11.0. The van der Waals surface area contributed by atoms with Crippen LogP contribution in [0.3, 0.4) is 0 Å². The third kappa shape index (κ3) is 6.00. The molecule has 10 aromatic rings. The second-order valence-corrected chi connectivity index (χ2v) is 17.3. The summed E-state index contributed by atoms with van der Waals surface area (Å²) in [5.41, 5.74) is 17.8. The predicted molar refractivity (Wildman–Crippen MR) is 265 cm³/mol. The highest BCUT2D eigenvalue weighted by Gasteiger charge is 2.47. The number of aromatic nitrogens is 3. The van der Waals surface area contributed by atoms with Crippen LogP contribution in [0.2, 0.25) is 0 Å². The Morgan fingerprint density at radius 3 is 1.02 bits per heavy atom. The molecule has 0 aliphatic heterocycles. The molecule has 0 unspecified atom stereocenters. The van der Waals surface area contributed by atoms with E-state index in [4.69, 9.17) is 15.0 Å². The van der Waals surface area contributed by atoms with E-state index in [0.717, 1.165) is 29.5 Å². The number of benzene rings is 9. The van der Waals surface area contributed by atoms with Gasteiger partial charge in [-0.1, -0.05) is 232 Å². The van der Waals surface area contributed by atoms with Crippen LogP contribution in [0.25, 0.3) is 56.4 Å². The van der Waals surface area contributed by atoms with Crippen molar-refractivity contribution in [3.63, 3.8) is 0 Å². The molecule has 0 N–H and O–H groups in total. The molecule has 2 aliphatic rings. The largest absolute Gasteiger partial charge is 0.208 e. The molecule has 3 heteroatoms. The smallest absolute Gasteiger partial charge is 0.164 e. The molecule has 0 spiro atoms. The minimum atomic E-state index is -0.550. The molecule has 65 heavy (non-hydrogen) atoms. The SMILES string of the molecule is CCCc1ccc(-c2nc(-c3ccc4c(c3)C(c3ccccc3)(c3ccccc3)c3ccccc3-4)nc(-c3ccc4c(c3)C(c3ccccc3)(c3ccccc3)c3ccccc3-4)n2)cc1. The molecule has 0 amide bonds. The van der Waals surface area contributed by atoms with E-state index in [0.29, 0.717) is 17.5 Å². The van der Waals surface area contributed by atoms with Gasteiger partial charge in [0.05, 0.1) is 10.8 Å². The van der Waals surface area contributed by atoms with Crippen LogP contribution < -0.4 is 0 Å². The van der Waals surface area contributed by atoms with E-state index < -0.39 is 10.8 Å². The predicted octanol–water partition coefficient (Wildman–Crippen LogP) is 14.6. The molecule has 0 fully saturated rings. The van der Waals surface area contributed by atoms with Gasteiger partial charge >= 0.3 is 0 Å². The van der Waals surface area contributed by atoms with Gasteiger partial charge in [0.1, 0.15) is 0 Å². The Hall–Kier alpha value is -8.01. The lowest BCUT2D eigenvalue weighted by Gasteiger charge is -2.34. The Bertz CT molecular complexity index is 3080. The first-order valence-corrected chi connectivity index (χ1v) is 22.7. The molecule has 0 bridgehead atoms. The molecular weight excluding hydrogens is 787 g/mol.